The van der Waals surface area contributed by atoms with Crippen LogP contribution in [-0.4, -0.2) is 10.8 Å². The van der Waals surface area contributed by atoms with Crippen LogP contribution in [0.4, 0.5) is 0 Å². The molecular weight excluding hydrogens is 244 g/mol. The van der Waals surface area contributed by atoms with Crippen LogP contribution < -0.4 is 5.32 Å². The molecule has 3 rings (SSSR count). The molecule has 0 spiro atoms. The third-order valence-electron chi connectivity index (χ3n) is 2.93. The van der Waals surface area contributed by atoms with Gasteiger partial charge in [-0.15, -0.1) is 0 Å². The smallest absolute Gasteiger partial charge is 0.193 e. The lowest BCUT2D eigenvalue weighted by molar-refractivity contribution is 0.450. The van der Waals surface area contributed by atoms with Crippen molar-refractivity contribution in [2.24, 2.45) is 4.99 Å². The van der Waals surface area contributed by atoms with E-state index in [9.17, 15) is 0 Å². The van der Waals surface area contributed by atoms with Gasteiger partial charge in [0.2, 0.25) is 0 Å². The number of furan rings is 1. The number of hydrogen-bond donors (Lipinski definition) is 1. The van der Waals surface area contributed by atoms with Gasteiger partial charge in [-0.2, -0.15) is 0 Å². The zero-order valence-electron chi connectivity index (χ0n) is 9.67. The highest BCUT2D eigenvalue weighted by atomic mass is 32.1. The largest absolute Gasteiger partial charge is 0.467 e. The molecule has 0 aliphatic carbocycles. The van der Waals surface area contributed by atoms with Crippen LogP contribution in [0.25, 0.3) is 0 Å². The molecule has 1 aromatic heterocycles. The lowest BCUT2D eigenvalue weighted by Crippen LogP contribution is -2.33. The molecule has 0 amide bonds. The van der Waals surface area contributed by atoms with Gasteiger partial charge in [0.1, 0.15) is 5.76 Å². The van der Waals surface area contributed by atoms with Crippen molar-refractivity contribution in [1.29, 1.82) is 0 Å². The van der Waals surface area contributed by atoms with Crippen molar-refractivity contribution >= 4 is 23.0 Å². The van der Waals surface area contributed by atoms with Crippen molar-refractivity contribution in [2.45, 2.75) is 12.5 Å². The molecule has 0 bridgehead atoms. The first kappa shape index (κ1) is 11.2. The Kier molecular flexibility index (Phi) is 2.94. The molecule has 1 aliphatic heterocycles. The summed E-state index contributed by atoms with van der Waals surface area (Å²) in [6, 6.07) is 14.0. The van der Waals surface area contributed by atoms with Gasteiger partial charge in [0.05, 0.1) is 18.0 Å². The average molecular weight is 256 g/mol. The zero-order chi connectivity index (χ0) is 12.4. The van der Waals surface area contributed by atoms with Gasteiger partial charge in [-0.05, 0) is 29.9 Å². The van der Waals surface area contributed by atoms with Crippen molar-refractivity contribution in [2.75, 3.05) is 0 Å². The molecule has 18 heavy (non-hydrogen) atoms. The van der Waals surface area contributed by atoms with E-state index in [1.807, 2.05) is 42.5 Å². The van der Waals surface area contributed by atoms with Gasteiger partial charge in [-0.3, -0.25) is 0 Å². The molecule has 1 N–H and O–H groups in total. The molecule has 2 heterocycles. The van der Waals surface area contributed by atoms with Crippen molar-refractivity contribution < 1.29 is 4.42 Å². The van der Waals surface area contributed by atoms with E-state index in [0.717, 1.165) is 23.5 Å². The quantitative estimate of drug-likeness (QED) is 0.839. The minimum atomic E-state index is 0.0696. The maximum atomic E-state index is 5.43. The second-order valence-corrected chi connectivity index (χ2v) is 4.53. The molecule has 1 aliphatic rings. The van der Waals surface area contributed by atoms with Crippen LogP contribution >= 0.6 is 12.2 Å². The van der Waals surface area contributed by atoms with E-state index in [-0.39, 0.29) is 6.04 Å². The first-order valence-corrected chi connectivity index (χ1v) is 6.20. The van der Waals surface area contributed by atoms with E-state index in [4.69, 9.17) is 16.6 Å². The lowest BCUT2D eigenvalue weighted by atomic mass is 10.00. The van der Waals surface area contributed by atoms with Gasteiger partial charge in [0.25, 0.3) is 0 Å². The fourth-order valence-corrected chi connectivity index (χ4v) is 2.32. The molecule has 1 unspecified atom stereocenters. The molecule has 0 saturated carbocycles. The Bertz CT molecular complexity index is 575. The van der Waals surface area contributed by atoms with Gasteiger partial charge < -0.3 is 9.73 Å². The molecule has 0 saturated heterocycles. The summed E-state index contributed by atoms with van der Waals surface area (Å²) in [7, 11) is 0. The summed E-state index contributed by atoms with van der Waals surface area (Å²) in [6.07, 6.45) is 2.45. The van der Waals surface area contributed by atoms with Gasteiger partial charge in [0, 0.05) is 6.42 Å². The Morgan fingerprint density at radius 1 is 1.17 bits per heavy atom. The van der Waals surface area contributed by atoms with Gasteiger partial charge in [-0.1, -0.05) is 30.3 Å². The number of aliphatic imine (C=N–C) groups is 1. The predicted molar refractivity (Wildman–Crippen MR) is 74.8 cm³/mol. The first-order chi connectivity index (χ1) is 8.83. The van der Waals surface area contributed by atoms with Crippen LogP contribution in [0.2, 0.25) is 0 Å². The number of nitrogens with one attached hydrogen (secondary N) is 1. The molecule has 0 radical (unpaired) electrons. The second kappa shape index (κ2) is 4.74. The summed E-state index contributed by atoms with van der Waals surface area (Å²) in [4.78, 5) is 4.41. The van der Waals surface area contributed by atoms with Crippen molar-refractivity contribution in [3.8, 4) is 0 Å². The molecule has 2 aromatic rings. The summed E-state index contributed by atoms with van der Waals surface area (Å²) >= 11 is 5.19. The molecule has 1 aromatic carbocycles. The zero-order valence-corrected chi connectivity index (χ0v) is 10.5. The van der Waals surface area contributed by atoms with Crippen molar-refractivity contribution in [3.63, 3.8) is 0 Å². The van der Waals surface area contributed by atoms with E-state index in [1.54, 1.807) is 6.26 Å². The predicted octanol–water partition coefficient (Wildman–Crippen LogP) is 3.09. The fourth-order valence-electron chi connectivity index (χ4n) is 2.07. The van der Waals surface area contributed by atoms with E-state index in [2.05, 4.69) is 10.3 Å². The number of benzene rings is 1. The Morgan fingerprint density at radius 2 is 2.00 bits per heavy atom. The number of hydrogen-bond acceptors (Lipinski definition) is 2. The SMILES string of the molecule is S=C1N=C(c2ccccc2)CC(c2ccco2)N1. The topological polar surface area (TPSA) is 37.5 Å². The third-order valence-corrected chi connectivity index (χ3v) is 3.13. The monoisotopic (exact) mass is 256 g/mol. The van der Waals surface area contributed by atoms with E-state index in [0.29, 0.717) is 5.11 Å². The van der Waals surface area contributed by atoms with Crippen LogP contribution in [0, 0.1) is 0 Å². The average Bonchev–Trinajstić information content (AvgIpc) is 2.93. The van der Waals surface area contributed by atoms with Crippen LogP contribution in [-0.2, 0) is 0 Å². The maximum Gasteiger partial charge on any atom is 0.193 e. The molecule has 0 fully saturated rings. The van der Waals surface area contributed by atoms with Crippen molar-refractivity contribution in [3.05, 3.63) is 60.1 Å². The summed E-state index contributed by atoms with van der Waals surface area (Å²) in [6.45, 7) is 0. The van der Waals surface area contributed by atoms with Crippen molar-refractivity contribution in [1.82, 2.24) is 5.32 Å². The molecular formula is C14H12N2OS. The van der Waals surface area contributed by atoms with Crippen LogP contribution in [0.5, 0.6) is 0 Å². The Labute approximate surface area is 111 Å². The highest BCUT2D eigenvalue weighted by Gasteiger charge is 2.23. The van der Waals surface area contributed by atoms with Gasteiger partial charge in [-0.25, -0.2) is 4.99 Å². The number of thiocarbonyl (C=S) groups is 1. The molecule has 90 valence electrons. The minimum absolute atomic E-state index is 0.0696. The third kappa shape index (κ3) is 2.19. The highest BCUT2D eigenvalue weighted by Crippen LogP contribution is 2.23. The Balaban J connectivity index is 1.90. The lowest BCUT2D eigenvalue weighted by Gasteiger charge is -2.23. The van der Waals surface area contributed by atoms with E-state index < -0.39 is 0 Å². The van der Waals surface area contributed by atoms with Gasteiger partial charge in [0.15, 0.2) is 5.11 Å². The number of nitrogens with zero attached hydrogens (tertiary/aromatic N) is 1. The van der Waals surface area contributed by atoms with Gasteiger partial charge >= 0.3 is 0 Å². The number of rotatable bonds is 2. The molecule has 1 atom stereocenters. The van der Waals surface area contributed by atoms with E-state index in [1.165, 1.54) is 0 Å². The molecule has 3 nitrogen and oxygen atoms in total. The highest BCUT2D eigenvalue weighted by molar-refractivity contribution is 7.80. The summed E-state index contributed by atoms with van der Waals surface area (Å²) in [5.41, 5.74) is 2.11. The van der Waals surface area contributed by atoms with Crippen LogP contribution in [0.3, 0.4) is 0 Å². The van der Waals surface area contributed by atoms with Crippen LogP contribution in [0.1, 0.15) is 23.8 Å². The Hall–Kier alpha value is -1.94. The Morgan fingerprint density at radius 3 is 2.72 bits per heavy atom. The minimum Gasteiger partial charge on any atom is -0.467 e. The van der Waals surface area contributed by atoms with E-state index >= 15 is 0 Å². The normalized spacial score (nSPS) is 19.2. The summed E-state index contributed by atoms with van der Waals surface area (Å²) in [5.74, 6) is 0.890. The summed E-state index contributed by atoms with van der Waals surface area (Å²) in [5, 5.41) is 3.68. The standard InChI is InChI=1S/C14H12N2OS/c18-14-15-11(10-5-2-1-3-6-10)9-12(16-14)13-7-4-8-17-13/h1-8,12H,9H2,(H,16,18). The second-order valence-electron chi connectivity index (χ2n) is 4.15. The molecule has 4 heteroatoms. The summed E-state index contributed by atoms with van der Waals surface area (Å²) < 4.78 is 5.43. The first-order valence-electron chi connectivity index (χ1n) is 5.80. The van der Waals surface area contributed by atoms with Crippen LogP contribution in [0.15, 0.2) is 58.1 Å². The maximum absolute atomic E-state index is 5.43. The fraction of sp³-hybridized carbons (Fsp3) is 0.143.